The van der Waals surface area contributed by atoms with Gasteiger partial charge in [0.15, 0.2) is 14.2 Å². The van der Waals surface area contributed by atoms with Gasteiger partial charge in [0, 0.05) is 13.2 Å². The minimum absolute atomic E-state index is 0.252. The van der Waals surface area contributed by atoms with Crippen LogP contribution >= 0.6 is 0 Å². The van der Waals surface area contributed by atoms with Crippen LogP contribution in [0.3, 0.4) is 0 Å². The largest absolute Gasteiger partial charge is 0.443 e. The number of nitrogens with one attached hydrogen (secondary N) is 2. The summed E-state index contributed by atoms with van der Waals surface area (Å²) < 4.78 is 102. The molecule has 5 rings (SSSR count). The third-order valence-electron chi connectivity index (χ3n) is 7.36. The molecule has 20 nitrogen and oxygen atoms in total. The van der Waals surface area contributed by atoms with Gasteiger partial charge in [0.1, 0.15) is 11.2 Å². The fourth-order valence-corrected chi connectivity index (χ4v) is 7.60. The Morgan fingerprint density at radius 1 is 0.642 bits per heavy atom. The van der Waals surface area contributed by atoms with Crippen molar-refractivity contribution in [1.82, 2.24) is 9.44 Å². The van der Waals surface area contributed by atoms with Crippen LogP contribution in [0.15, 0.2) is 0 Å². The van der Waals surface area contributed by atoms with Crippen molar-refractivity contribution in [3.63, 3.8) is 0 Å². The fraction of sp³-hybridized carbons (Fsp3) is 0.828. The molecule has 24 heteroatoms. The van der Waals surface area contributed by atoms with Crippen LogP contribution in [-0.2, 0) is 54.3 Å². The topological polar surface area (TPSA) is 346 Å². The van der Waals surface area contributed by atoms with Crippen LogP contribution in [0, 0.1) is 34.0 Å². The molecule has 0 bridgehead atoms. The summed E-state index contributed by atoms with van der Waals surface area (Å²) in [6.45, 7) is 11.9. The first-order chi connectivity index (χ1) is 23.9. The van der Waals surface area contributed by atoms with Gasteiger partial charge in [-0.15, -0.1) is 0 Å². The lowest BCUT2D eigenvalue weighted by Gasteiger charge is -2.20. The van der Waals surface area contributed by atoms with Crippen LogP contribution in [0.25, 0.3) is 0 Å². The zero-order valence-electron chi connectivity index (χ0n) is 30.5. The van der Waals surface area contributed by atoms with Crippen molar-refractivity contribution in [1.29, 1.82) is 15.8 Å². The first-order valence-corrected chi connectivity index (χ1v) is 22.3. The van der Waals surface area contributed by atoms with E-state index in [1.165, 1.54) is 12.8 Å². The summed E-state index contributed by atoms with van der Waals surface area (Å²) in [6, 6.07) is 5.06. The predicted octanol–water partition coefficient (Wildman–Crippen LogP) is 1.36. The van der Waals surface area contributed by atoms with Gasteiger partial charge < -0.3 is 14.2 Å². The van der Waals surface area contributed by atoms with E-state index in [0.29, 0.717) is 38.5 Å². The minimum atomic E-state index is -3.96. The molecule has 0 radical (unpaired) electrons. The number of nitrogens with two attached hydrogens (primary N) is 2. The summed E-state index contributed by atoms with van der Waals surface area (Å²) in [5, 5.41) is 34.3. The molecule has 0 atom stereocenters. The fourth-order valence-electron chi connectivity index (χ4n) is 3.59. The van der Waals surface area contributed by atoms with Crippen LogP contribution in [0.5, 0.6) is 0 Å². The molecule has 0 aromatic rings. The van der Waals surface area contributed by atoms with Crippen LogP contribution in [0.2, 0.25) is 0 Å². The molecule has 0 spiro atoms. The van der Waals surface area contributed by atoms with Gasteiger partial charge in [-0.3, -0.25) is 0 Å². The van der Waals surface area contributed by atoms with E-state index in [9.17, 15) is 43.3 Å². The molecule has 6 N–H and O–H groups in total. The van der Waals surface area contributed by atoms with E-state index in [1.807, 2.05) is 4.72 Å². The van der Waals surface area contributed by atoms with Gasteiger partial charge in [0.2, 0.25) is 30.1 Å². The van der Waals surface area contributed by atoms with E-state index in [-0.39, 0.29) is 12.8 Å². The maximum absolute atomic E-state index is 11.6. The summed E-state index contributed by atoms with van der Waals surface area (Å²) in [5.74, 6) is 0. The SMILES string of the molecule is C1CCOC1.CC(C)(C)OC(=O)NS(=O)(=O)C1(C#N)CC1.CC(C)(C)OC(=O)NS(=O)(=O)C1CC1.N#CC1(S(N)(=O)=O)CC1.N#CC1(S(N)(=O)=O)CC1. The highest BCUT2D eigenvalue weighted by atomic mass is 32.2. The maximum Gasteiger partial charge on any atom is 0.421 e. The Hall–Kier alpha value is -3.31. The van der Waals surface area contributed by atoms with Crippen molar-refractivity contribution in [2.75, 3.05) is 13.2 Å². The number of carbonyl (C=O) groups excluding carboxylic acids is 2. The minimum Gasteiger partial charge on any atom is -0.443 e. The molecule has 0 aromatic heterocycles. The molecule has 0 aromatic carbocycles. The Morgan fingerprint density at radius 3 is 1.15 bits per heavy atom. The molecule has 4 aliphatic carbocycles. The normalized spacial score (nSPS) is 20.2. The highest BCUT2D eigenvalue weighted by Crippen LogP contribution is 2.42. The van der Waals surface area contributed by atoms with Gasteiger partial charge in [0.05, 0.1) is 23.5 Å². The van der Waals surface area contributed by atoms with Crippen molar-refractivity contribution < 1.29 is 57.5 Å². The Bertz CT molecular complexity index is 1830. The lowest BCUT2D eigenvalue weighted by atomic mass is 10.2. The smallest absolute Gasteiger partial charge is 0.421 e. The average Bonchev–Trinajstić information content (AvgIpc) is 3.79. The molecular weight excluding hydrogens is 783 g/mol. The average molecular weight is 832 g/mol. The lowest BCUT2D eigenvalue weighted by molar-refractivity contribution is 0.0557. The number of carbonyl (C=O) groups is 2. The number of hydrogen-bond donors (Lipinski definition) is 4. The van der Waals surface area contributed by atoms with E-state index < -0.39 is 83.0 Å². The lowest BCUT2D eigenvalue weighted by Crippen LogP contribution is -2.41. The van der Waals surface area contributed by atoms with Crippen LogP contribution in [0.1, 0.15) is 106 Å². The van der Waals surface area contributed by atoms with Gasteiger partial charge in [-0.1, -0.05) is 0 Å². The van der Waals surface area contributed by atoms with Gasteiger partial charge in [-0.05, 0) is 106 Å². The molecule has 5 aliphatic rings. The van der Waals surface area contributed by atoms with Crippen LogP contribution in [-0.4, -0.2) is 89.8 Å². The molecular formula is C29H49N7O13S4. The van der Waals surface area contributed by atoms with Gasteiger partial charge >= 0.3 is 12.2 Å². The molecule has 5 fully saturated rings. The first kappa shape index (κ1) is 47.7. The van der Waals surface area contributed by atoms with Gasteiger partial charge in [-0.2, -0.15) is 15.8 Å². The number of hydrogen-bond acceptors (Lipinski definition) is 16. The number of nitrogens with zero attached hydrogens (tertiary/aromatic N) is 3. The van der Waals surface area contributed by atoms with E-state index in [0.717, 1.165) is 13.2 Å². The number of rotatable bonds is 6. The number of ether oxygens (including phenoxy) is 3. The van der Waals surface area contributed by atoms with Crippen molar-refractivity contribution >= 4 is 52.3 Å². The Balaban J connectivity index is 0.000000346. The highest BCUT2D eigenvalue weighted by Gasteiger charge is 2.57. The zero-order valence-corrected chi connectivity index (χ0v) is 33.8. The summed E-state index contributed by atoms with van der Waals surface area (Å²) >= 11 is 0. The molecule has 4 saturated carbocycles. The summed E-state index contributed by atoms with van der Waals surface area (Å²) in [4.78, 5) is 22.3. The maximum atomic E-state index is 11.6. The molecule has 302 valence electrons. The van der Waals surface area contributed by atoms with Gasteiger partial charge in [-0.25, -0.2) is 63.0 Å². The molecule has 2 amide bonds. The third kappa shape index (κ3) is 15.9. The number of amides is 2. The molecule has 1 aliphatic heterocycles. The summed E-state index contributed by atoms with van der Waals surface area (Å²) in [6.07, 6.45) is 3.92. The van der Waals surface area contributed by atoms with Gasteiger partial charge in [0.25, 0.3) is 10.0 Å². The zero-order chi connectivity index (χ0) is 41.4. The van der Waals surface area contributed by atoms with Crippen molar-refractivity contribution in [3.8, 4) is 18.2 Å². The quantitative estimate of drug-likeness (QED) is 0.293. The number of sulfonamides is 4. The second-order valence-electron chi connectivity index (χ2n) is 14.7. The van der Waals surface area contributed by atoms with Crippen molar-refractivity contribution in [2.24, 2.45) is 10.3 Å². The van der Waals surface area contributed by atoms with E-state index in [1.54, 1.807) is 64.5 Å². The van der Waals surface area contributed by atoms with E-state index >= 15 is 0 Å². The second kappa shape index (κ2) is 17.4. The summed E-state index contributed by atoms with van der Waals surface area (Å²) in [7, 11) is -14.6. The van der Waals surface area contributed by atoms with Crippen molar-refractivity contribution in [2.45, 2.75) is 136 Å². The molecule has 0 unspecified atom stereocenters. The monoisotopic (exact) mass is 831 g/mol. The number of nitriles is 3. The molecule has 53 heavy (non-hydrogen) atoms. The highest BCUT2D eigenvalue weighted by molar-refractivity contribution is 7.92. The second-order valence-corrected chi connectivity index (χ2v) is 22.4. The Morgan fingerprint density at radius 2 is 0.962 bits per heavy atom. The first-order valence-electron chi connectivity index (χ1n) is 16.2. The Kier molecular flexibility index (Phi) is 15.7. The van der Waals surface area contributed by atoms with E-state index in [4.69, 9.17) is 40.3 Å². The molecule has 1 heterocycles. The number of primary sulfonamides is 2. The standard InChI is InChI=1S/C9H14N2O4S.C8H15NO4S.2C4H6N2O2S.C4H8O/c1-8(2,3)15-7(12)11-16(13,14)9(6-10)4-5-9;1-8(2,3)13-7(10)9-14(11,12)6-4-5-6;2*5-3-4(1-2-4)9(6,7)8;1-2-4-5-3-1/h4-5H2,1-3H3,(H,11,12);6H,4-5H2,1-3H3,(H,9,10);2*1-2H2,(H2,6,7,8);1-4H2. The van der Waals surface area contributed by atoms with Crippen LogP contribution in [0.4, 0.5) is 9.59 Å². The predicted molar refractivity (Wildman–Crippen MR) is 189 cm³/mol. The Labute approximate surface area is 312 Å². The molecule has 1 saturated heterocycles. The van der Waals surface area contributed by atoms with Crippen LogP contribution < -0.4 is 19.7 Å². The summed E-state index contributed by atoms with van der Waals surface area (Å²) in [5.41, 5.74) is -1.45. The third-order valence-corrected chi connectivity index (χ3v) is 14.3. The van der Waals surface area contributed by atoms with Crippen molar-refractivity contribution in [3.05, 3.63) is 0 Å². The van der Waals surface area contributed by atoms with E-state index in [2.05, 4.69) is 0 Å².